The van der Waals surface area contributed by atoms with Gasteiger partial charge in [0, 0.05) is 6.54 Å². The highest BCUT2D eigenvalue weighted by Gasteiger charge is 2.22. The zero-order valence-corrected chi connectivity index (χ0v) is 12.2. The summed E-state index contributed by atoms with van der Waals surface area (Å²) in [5, 5.41) is 17.4. The Hall–Kier alpha value is -2.57. The smallest absolute Gasteiger partial charge is 0.315 e. The molecule has 1 unspecified atom stereocenters. The van der Waals surface area contributed by atoms with E-state index in [4.69, 9.17) is 4.42 Å². The first-order valence-corrected chi connectivity index (χ1v) is 6.73. The predicted octanol–water partition coefficient (Wildman–Crippen LogP) is 3.50. The molecule has 1 atom stereocenters. The standard InChI is InChI=1S/C14H18N4O3/c1-4-15-11-6-5-7-12(13(11)18(19)20)17-10(3)14-16-8-9(2)21-14/h5-8,10,15,17H,4H2,1-3H3. The van der Waals surface area contributed by atoms with E-state index in [2.05, 4.69) is 15.6 Å². The van der Waals surface area contributed by atoms with Crippen LogP contribution >= 0.6 is 0 Å². The van der Waals surface area contributed by atoms with Crippen LogP contribution in [0.2, 0.25) is 0 Å². The van der Waals surface area contributed by atoms with E-state index in [-0.39, 0.29) is 11.7 Å². The summed E-state index contributed by atoms with van der Waals surface area (Å²) in [6, 6.07) is 4.85. The van der Waals surface area contributed by atoms with Crippen LogP contribution in [-0.2, 0) is 0 Å². The lowest BCUT2D eigenvalue weighted by atomic mass is 10.2. The minimum Gasteiger partial charge on any atom is -0.444 e. The van der Waals surface area contributed by atoms with Crippen molar-refractivity contribution in [2.75, 3.05) is 17.2 Å². The number of nitrogens with zero attached hydrogens (tertiary/aromatic N) is 2. The summed E-state index contributed by atoms with van der Waals surface area (Å²) in [6.45, 7) is 6.15. The van der Waals surface area contributed by atoms with Gasteiger partial charge in [-0.25, -0.2) is 4.98 Å². The van der Waals surface area contributed by atoms with Crippen LogP contribution in [0.5, 0.6) is 0 Å². The Balaban J connectivity index is 2.30. The third kappa shape index (κ3) is 3.31. The lowest BCUT2D eigenvalue weighted by molar-refractivity contribution is -0.383. The second-order valence-electron chi connectivity index (χ2n) is 4.66. The Morgan fingerprint density at radius 2 is 2.14 bits per heavy atom. The van der Waals surface area contributed by atoms with Crippen LogP contribution < -0.4 is 10.6 Å². The van der Waals surface area contributed by atoms with Gasteiger partial charge in [0.1, 0.15) is 23.2 Å². The maximum atomic E-state index is 11.3. The molecule has 1 aromatic carbocycles. The van der Waals surface area contributed by atoms with Gasteiger partial charge in [-0.2, -0.15) is 0 Å². The summed E-state index contributed by atoms with van der Waals surface area (Å²) in [4.78, 5) is 15.1. The normalized spacial score (nSPS) is 12.0. The van der Waals surface area contributed by atoms with E-state index in [1.807, 2.05) is 13.8 Å². The molecule has 2 rings (SSSR count). The maximum absolute atomic E-state index is 11.3. The average Bonchev–Trinajstić information content (AvgIpc) is 2.86. The van der Waals surface area contributed by atoms with E-state index in [1.54, 1.807) is 31.3 Å². The molecular formula is C14H18N4O3. The monoisotopic (exact) mass is 290 g/mol. The van der Waals surface area contributed by atoms with Crippen molar-refractivity contribution in [2.45, 2.75) is 26.8 Å². The average molecular weight is 290 g/mol. The molecule has 0 fully saturated rings. The van der Waals surface area contributed by atoms with E-state index < -0.39 is 4.92 Å². The number of aryl methyl sites for hydroxylation is 1. The van der Waals surface area contributed by atoms with Crippen LogP contribution in [0.1, 0.15) is 31.5 Å². The summed E-state index contributed by atoms with van der Waals surface area (Å²) < 4.78 is 5.44. The lowest BCUT2D eigenvalue weighted by Crippen LogP contribution is -2.10. The predicted molar refractivity (Wildman–Crippen MR) is 80.5 cm³/mol. The van der Waals surface area contributed by atoms with Crippen LogP contribution in [0.15, 0.2) is 28.8 Å². The largest absolute Gasteiger partial charge is 0.444 e. The summed E-state index contributed by atoms with van der Waals surface area (Å²) in [7, 11) is 0. The van der Waals surface area contributed by atoms with Crippen LogP contribution in [0.3, 0.4) is 0 Å². The van der Waals surface area contributed by atoms with Gasteiger partial charge in [0.25, 0.3) is 0 Å². The number of nitrogens with one attached hydrogen (secondary N) is 2. The van der Waals surface area contributed by atoms with E-state index in [9.17, 15) is 10.1 Å². The molecule has 0 saturated carbocycles. The molecule has 0 aliphatic rings. The third-order valence-electron chi connectivity index (χ3n) is 2.97. The number of para-hydroxylation sites is 1. The number of hydrogen-bond donors (Lipinski definition) is 2. The molecule has 0 amide bonds. The number of nitro groups is 1. The molecule has 0 aliphatic heterocycles. The van der Waals surface area contributed by atoms with Gasteiger partial charge >= 0.3 is 5.69 Å². The molecule has 1 aromatic heterocycles. The second-order valence-corrected chi connectivity index (χ2v) is 4.66. The Bertz CT molecular complexity index is 639. The van der Waals surface area contributed by atoms with Crippen LogP contribution in [0, 0.1) is 17.0 Å². The number of benzene rings is 1. The topological polar surface area (TPSA) is 93.2 Å². The third-order valence-corrected chi connectivity index (χ3v) is 2.97. The van der Waals surface area contributed by atoms with Crippen molar-refractivity contribution in [3.05, 3.63) is 46.2 Å². The zero-order valence-electron chi connectivity index (χ0n) is 12.2. The van der Waals surface area contributed by atoms with Gasteiger partial charge in [0.05, 0.1) is 11.1 Å². The number of oxazole rings is 1. The van der Waals surface area contributed by atoms with E-state index in [0.29, 0.717) is 29.6 Å². The molecule has 0 aliphatic carbocycles. The van der Waals surface area contributed by atoms with Gasteiger partial charge in [-0.1, -0.05) is 6.07 Å². The van der Waals surface area contributed by atoms with Crippen molar-refractivity contribution in [1.82, 2.24) is 4.98 Å². The quantitative estimate of drug-likeness (QED) is 0.624. The first-order valence-electron chi connectivity index (χ1n) is 6.73. The number of nitro benzene ring substituents is 1. The van der Waals surface area contributed by atoms with Gasteiger partial charge in [0.15, 0.2) is 0 Å². The van der Waals surface area contributed by atoms with Crippen molar-refractivity contribution in [3.8, 4) is 0 Å². The summed E-state index contributed by atoms with van der Waals surface area (Å²) in [5.41, 5.74) is 0.944. The van der Waals surface area contributed by atoms with Crippen molar-refractivity contribution in [1.29, 1.82) is 0 Å². The van der Waals surface area contributed by atoms with Crippen molar-refractivity contribution in [3.63, 3.8) is 0 Å². The fourth-order valence-electron chi connectivity index (χ4n) is 2.06. The molecular weight excluding hydrogens is 272 g/mol. The Kier molecular flexibility index (Phi) is 4.42. The van der Waals surface area contributed by atoms with Gasteiger partial charge in [-0.15, -0.1) is 0 Å². The SMILES string of the molecule is CCNc1cccc(NC(C)c2ncc(C)o2)c1[N+](=O)[O-]. The van der Waals surface area contributed by atoms with Gasteiger partial charge in [-0.05, 0) is 32.9 Å². The van der Waals surface area contributed by atoms with Gasteiger partial charge in [-0.3, -0.25) is 10.1 Å². The molecule has 112 valence electrons. The highest BCUT2D eigenvalue weighted by Crippen LogP contribution is 2.34. The Morgan fingerprint density at radius 1 is 1.43 bits per heavy atom. The minimum atomic E-state index is -0.395. The highest BCUT2D eigenvalue weighted by molar-refractivity contribution is 5.76. The van der Waals surface area contributed by atoms with Crippen molar-refractivity contribution < 1.29 is 9.34 Å². The second kappa shape index (κ2) is 6.25. The number of anilines is 2. The lowest BCUT2D eigenvalue weighted by Gasteiger charge is -2.14. The molecule has 21 heavy (non-hydrogen) atoms. The maximum Gasteiger partial charge on any atom is 0.315 e. The number of hydrogen-bond acceptors (Lipinski definition) is 6. The van der Waals surface area contributed by atoms with E-state index in [0.717, 1.165) is 0 Å². The highest BCUT2D eigenvalue weighted by atomic mass is 16.6. The van der Waals surface area contributed by atoms with E-state index >= 15 is 0 Å². The fraction of sp³-hybridized carbons (Fsp3) is 0.357. The van der Waals surface area contributed by atoms with Crippen molar-refractivity contribution in [2.24, 2.45) is 0 Å². The number of rotatable bonds is 6. The molecule has 0 radical (unpaired) electrons. The molecule has 7 heteroatoms. The first kappa shape index (κ1) is 14.8. The number of aromatic nitrogens is 1. The first-order chi connectivity index (χ1) is 10.0. The van der Waals surface area contributed by atoms with Gasteiger partial charge < -0.3 is 15.1 Å². The Labute approximate surface area is 122 Å². The molecule has 0 bridgehead atoms. The molecule has 2 N–H and O–H groups in total. The van der Waals surface area contributed by atoms with Crippen LogP contribution in [0.25, 0.3) is 0 Å². The van der Waals surface area contributed by atoms with Crippen LogP contribution in [0.4, 0.5) is 17.1 Å². The summed E-state index contributed by atoms with van der Waals surface area (Å²) >= 11 is 0. The Morgan fingerprint density at radius 3 is 2.71 bits per heavy atom. The van der Waals surface area contributed by atoms with Crippen LogP contribution in [-0.4, -0.2) is 16.5 Å². The molecule has 7 nitrogen and oxygen atoms in total. The molecule has 1 heterocycles. The molecule has 0 spiro atoms. The molecule has 2 aromatic rings. The van der Waals surface area contributed by atoms with Gasteiger partial charge in [0.2, 0.25) is 5.89 Å². The molecule has 0 saturated heterocycles. The van der Waals surface area contributed by atoms with Crippen molar-refractivity contribution >= 4 is 17.1 Å². The summed E-state index contributed by atoms with van der Waals surface area (Å²) in [5.74, 6) is 1.20. The zero-order chi connectivity index (χ0) is 15.4. The van der Waals surface area contributed by atoms with E-state index in [1.165, 1.54) is 0 Å². The summed E-state index contributed by atoms with van der Waals surface area (Å²) in [6.07, 6.45) is 1.62. The minimum absolute atomic E-state index is 0.0227. The fourth-order valence-corrected chi connectivity index (χ4v) is 2.06.